The minimum Gasteiger partial charge on any atom is -0.454 e. The van der Waals surface area contributed by atoms with Crippen molar-refractivity contribution in [2.24, 2.45) is 0 Å². The molecule has 0 radical (unpaired) electrons. The number of alkyl halides is 2. The number of hydrogen-bond donors (Lipinski definition) is 1. The number of imide groups is 1. The monoisotopic (exact) mass is 495 g/mol. The fourth-order valence-electron chi connectivity index (χ4n) is 3.61. The van der Waals surface area contributed by atoms with Crippen LogP contribution in [0.15, 0.2) is 72.8 Å². The number of carbonyl (C=O) groups is 4. The van der Waals surface area contributed by atoms with Crippen LogP contribution in [0.5, 0.6) is 5.75 Å². The topological polar surface area (TPSA) is 108 Å². The predicted molar refractivity (Wildman–Crippen MR) is 121 cm³/mol. The maximum atomic E-state index is 12.5. The zero-order valence-corrected chi connectivity index (χ0v) is 18.6. The van der Waals surface area contributed by atoms with Gasteiger partial charge in [0.15, 0.2) is 6.61 Å². The molecule has 0 fully saturated rings. The van der Waals surface area contributed by atoms with Gasteiger partial charge in [-0.05, 0) is 53.6 Å². The molecule has 3 aromatic rings. The lowest BCUT2D eigenvalue weighted by Crippen LogP contribution is -2.34. The number of ether oxygens (including phenoxy) is 3. The number of rotatable bonds is 7. The Labute approximate surface area is 203 Å². The number of esters is 2. The molecule has 2 amide bonds. The van der Waals surface area contributed by atoms with E-state index in [1.54, 1.807) is 0 Å². The Hall–Kier alpha value is -4.60. The van der Waals surface area contributed by atoms with Crippen LogP contribution < -0.4 is 10.1 Å². The molecule has 1 N–H and O–H groups in total. The molecule has 3 aromatic carbocycles. The number of halogens is 2. The molecule has 0 saturated carbocycles. The molecule has 1 heterocycles. The van der Waals surface area contributed by atoms with Gasteiger partial charge in [0.2, 0.25) is 0 Å². The molecule has 1 atom stereocenters. The van der Waals surface area contributed by atoms with Crippen molar-refractivity contribution in [3.63, 3.8) is 0 Å². The SMILES string of the molecule is O=C(COC(=O)c1ccc2c(c1)CC(c1ccccc1)OC2=O)NC(=O)c1ccc(OC(F)F)cc1. The Morgan fingerprint density at radius 1 is 0.972 bits per heavy atom. The number of amides is 2. The van der Waals surface area contributed by atoms with Crippen molar-refractivity contribution < 1.29 is 42.2 Å². The number of benzene rings is 3. The van der Waals surface area contributed by atoms with Crippen molar-refractivity contribution >= 4 is 23.8 Å². The fourth-order valence-corrected chi connectivity index (χ4v) is 3.61. The lowest BCUT2D eigenvalue weighted by atomic mass is 9.93. The van der Waals surface area contributed by atoms with Crippen molar-refractivity contribution in [3.8, 4) is 5.75 Å². The Balaban J connectivity index is 1.34. The first kappa shape index (κ1) is 24.5. The van der Waals surface area contributed by atoms with Gasteiger partial charge >= 0.3 is 18.6 Å². The van der Waals surface area contributed by atoms with Crippen LogP contribution in [0.3, 0.4) is 0 Å². The molecule has 8 nitrogen and oxygen atoms in total. The molecular weight excluding hydrogens is 476 g/mol. The molecule has 36 heavy (non-hydrogen) atoms. The van der Waals surface area contributed by atoms with Crippen LogP contribution in [0.4, 0.5) is 8.78 Å². The quantitative estimate of drug-likeness (QED) is 0.496. The minimum absolute atomic E-state index is 0.0193. The summed E-state index contributed by atoms with van der Waals surface area (Å²) in [5, 5.41) is 2.04. The van der Waals surface area contributed by atoms with E-state index in [0.717, 1.165) is 17.7 Å². The Morgan fingerprint density at radius 3 is 2.36 bits per heavy atom. The third kappa shape index (κ3) is 5.90. The summed E-state index contributed by atoms with van der Waals surface area (Å²) in [6, 6.07) is 18.3. The third-order valence-electron chi connectivity index (χ3n) is 5.32. The van der Waals surface area contributed by atoms with Gasteiger partial charge in [-0.1, -0.05) is 30.3 Å². The number of hydrogen-bond acceptors (Lipinski definition) is 7. The molecule has 0 aliphatic carbocycles. The number of nitrogens with one attached hydrogen (secondary N) is 1. The zero-order chi connectivity index (χ0) is 25.7. The first-order valence-corrected chi connectivity index (χ1v) is 10.7. The highest BCUT2D eigenvalue weighted by molar-refractivity contribution is 6.05. The molecule has 1 aliphatic rings. The second-order valence-electron chi connectivity index (χ2n) is 7.74. The van der Waals surface area contributed by atoms with Gasteiger partial charge in [0.25, 0.3) is 11.8 Å². The van der Waals surface area contributed by atoms with Crippen molar-refractivity contribution in [2.45, 2.75) is 19.1 Å². The second-order valence-corrected chi connectivity index (χ2v) is 7.74. The van der Waals surface area contributed by atoms with E-state index in [1.807, 2.05) is 35.6 Å². The van der Waals surface area contributed by atoms with Crippen LogP contribution in [0.1, 0.15) is 48.3 Å². The molecule has 4 rings (SSSR count). The van der Waals surface area contributed by atoms with Gasteiger partial charge in [0.1, 0.15) is 11.9 Å². The third-order valence-corrected chi connectivity index (χ3v) is 5.32. The average Bonchev–Trinajstić information content (AvgIpc) is 2.87. The average molecular weight is 495 g/mol. The fraction of sp³-hybridized carbons (Fsp3) is 0.154. The van der Waals surface area contributed by atoms with Gasteiger partial charge in [0.05, 0.1) is 11.1 Å². The lowest BCUT2D eigenvalue weighted by Gasteiger charge is -2.25. The zero-order valence-electron chi connectivity index (χ0n) is 18.6. The molecule has 0 aromatic heterocycles. The lowest BCUT2D eigenvalue weighted by molar-refractivity contribution is -0.123. The van der Waals surface area contributed by atoms with Crippen LogP contribution in [0.2, 0.25) is 0 Å². The van der Waals surface area contributed by atoms with Crippen LogP contribution >= 0.6 is 0 Å². The first-order valence-electron chi connectivity index (χ1n) is 10.7. The standard InChI is InChI=1S/C26H19F2NO7/c27-26(28)35-19-9-6-16(7-10-19)23(31)29-22(30)14-34-24(32)17-8-11-20-18(12-17)13-21(36-25(20)33)15-4-2-1-3-5-15/h1-12,21,26H,13-14H2,(H,29,30,31). The van der Waals surface area contributed by atoms with Crippen molar-refractivity contribution in [1.29, 1.82) is 0 Å². The summed E-state index contributed by atoms with van der Waals surface area (Å²) in [7, 11) is 0. The van der Waals surface area contributed by atoms with E-state index < -0.39 is 43.1 Å². The highest BCUT2D eigenvalue weighted by Gasteiger charge is 2.28. The Bertz CT molecular complexity index is 1290. The first-order chi connectivity index (χ1) is 17.3. The molecule has 184 valence electrons. The van der Waals surface area contributed by atoms with Gasteiger partial charge in [-0.3, -0.25) is 14.9 Å². The molecule has 0 bridgehead atoms. The van der Waals surface area contributed by atoms with E-state index in [-0.39, 0.29) is 16.9 Å². The predicted octanol–water partition coefficient (Wildman–Crippen LogP) is 3.86. The number of fused-ring (bicyclic) bond motifs is 1. The van der Waals surface area contributed by atoms with Gasteiger partial charge in [0, 0.05) is 12.0 Å². The van der Waals surface area contributed by atoms with Crippen LogP contribution in [-0.2, 0) is 20.7 Å². The van der Waals surface area contributed by atoms with Gasteiger partial charge < -0.3 is 14.2 Å². The van der Waals surface area contributed by atoms with Gasteiger partial charge in [-0.15, -0.1) is 0 Å². The van der Waals surface area contributed by atoms with Crippen molar-refractivity contribution in [1.82, 2.24) is 5.32 Å². The van der Waals surface area contributed by atoms with Crippen molar-refractivity contribution in [2.75, 3.05) is 6.61 Å². The number of carbonyl (C=O) groups excluding carboxylic acids is 4. The van der Waals surface area contributed by atoms with E-state index in [0.29, 0.717) is 17.5 Å². The number of cyclic esters (lactones) is 1. The summed E-state index contributed by atoms with van der Waals surface area (Å²) in [4.78, 5) is 49.1. The van der Waals surface area contributed by atoms with E-state index >= 15 is 0 Å². The molecule has 1 aliphatic heterocycles. The van der Waals surface area contributed by atoms with E-state index in [4.69, 9.17) is 9.47 Å². The van der Waals surface area contributed by atoms with E-state index in [9.17, 15) is 28.0 Å². The van der Waals surface area contributed by atoms with Gasteiger partial charge in [-0.25, -0.2) is 9.59 Å². The van der Waals surface area contributed by atoms with Crippen LogP contribution in [0.25, 0.3) is 0 Å². The van der Waals surface area contributed by atoms with E-state index in [2.05, 4.69) is 4.74 Å². The van der Waals surface area contributed by atoms with E-state index in [1.165, 1.54) is 30.3 Å². The summed E-state index contributed by atoms with van der Waals surface area (Å²) in [5.41, 5.74) is 1.91. The maximum Gasteiger partial charge on any atom is 0.387 e. The second kappa shape index (κ2) is 10.8. The van der Waals surface area contributed by atoms with Crippen molar-refractivity contribution in [3.05, 3.63) is 101 Å². The summed E-state index contributed by atoms with van der Waals surface area (Å²) in [6.45, 7) is -3.74. The molecular formula is C26H19F2NO7. The Morgan fingerprint density at radius 2 is 1.67 bits per heavy atom. The highest BCUT2D eigenvalue weighted by Crippen LogP contribution is 2.31. The van der Waals surface area contributed by atoms with Crippen LogP contribution in [-0.4, -0.2) is 37.0 Å². The summed E-state index contributed by atoms with van der Waals surface area (Å²) in [5.74, 6) is -3.15. The molecule has 0 spiro atoms. The maximum absolute atomic E-state index is 12.5. The molecule has 0 saturated heterocycles. The largest absolute Gasteiger partial charge is 0.454 e. The summed E-state index contributed by atoms with van der Waals surface area (Å²) in [6.07, 6.45) is -0.132. The molecule has 10 heteroatoms. The normalized spacial score (nSPS) is 14.4. The molecule has 1 unspecified atom stereocenters. The van der Waals surface area contributed by atoms with Crippen LogP contribution in [0, 0.1) is 0 Å². The summed E-state index contributed by atoms with van der Waals surface area (Å²) < 4.78 is 39.1. The highest BCUT2D eigenvalue weighted by atomic mass is 19.3. The minimum atomic E-state index is -3.00. The van der Waals surface area contributed by atoms with Gasteiger partial charge in [-0.2, -0.15) is 8.78 Å². The summed E-state index contributed by atoms with van der Waals surface area (Å²) >= 11 is 0. The Kier molecular flexibility index (Phi) is 7.33. The smallest absolute Gasteiger partial charge is 0.387 e.